The van der Waals surface area contributed by atoms with Crippen LogP contribution in [-0.2, 0) is 4.79 Å². The van der Waals surface area contributed by atoms with Crippen LogP contribution in [0.15, 0.2) is 18.2 Å². The van der Waals surface area contributed by atoms with E-state index in [1.54, 1.807) is 6.07 Å². The molecule has 1 saturated carbocycles. The lowest BCUT2D eigenvalue weighted by molar-refractivity contribution is -0.118. The topological polar surface area (TPSA) is 41.1 Å². The molecule has 1 aliphatic heterocycles. The Morgan fingerprint density at radius 2 is 2.10 bits per heavy atom. The predicted octanol–water partition coefficient (Wildman–Crippen LogP) is 3.23. The van der Waals surface area contributed by atoms with Crippen LogP contribution < -0.4 is 10.6 Å². The van der Waals surface area contributed by atoms with Crippen LogP contribution in [0, 0.1) is 17.2 Å². The van der Waals surface area contributed by atoms with Gasteiger partial charge >= 0.3 is 0 Å². The molecule has 1 spiro atoms. The highest BCUT2D eigenvalue weighted by atomic mass is 35.5. The zero-order valence-electron chi connectivity index (χ0n) is 10.9. The number of nitrogens with one attached hydrogen (secondary N) is 2. The van der Waals surface area contributed by atoms with E-state index in [2.05, 4.69) is 10.6 Å². The van der Waals surface area contributed by atoms with Gasteiger partial charge in [-0.1, -0.05) is 11.6 Å². The predicted molar refractivity (Wildman–Crippen MR) is 79.9 cm³/mol. The third-order valence-corrected chi connectivity index (χ3v) is 4.53. The van der Waals surface area contributed by atoms with Crippen molar-refractivity contribution in [3.8, 4) is 0 Å². The van der Waals surface area contributed by atoms with Gasteiger partial charge in [-0.05, 0) is 56.0 Å². The second-order valence-electron chi connectivity index (χ2n) is 5.48. The molecule has 0 aromatic heterocycles. The summed E-state index contributed by atoms with van der Waals surface area (Å²) in [5, 5.41) is 6.31. The van der Waals surface area contributed by atoms with Gasteiger partial charge in [-0.3, -0.25) is 4.79 Å². The SMILES string of the molecule is Cl.O=C(Nc1ccc(Cl)cc1F)C1CC12CCNCC2. The van der Waals surface area contributed by atoms with Gasteiger partial charge < -0.3 is 10.6 Å². The Bertz CT molecular complexity index is 518. The summed E-state index contributed by atoms with van der Waals surface area (Å²) in [4.78, 5) is 12.2. The highest BCUT2D eigenvalue weighted by Crippen LogP contribution is 2.58. The molecule has 3 nitrogen and oxygen atoms in total. The molecular weight excluding hydrogens is 302 g/mol. The van der Waals surface area contributed by atoms with Crippen molar-refractivity contribution in [1.29, 1.82) is 0 Å². The smallest absolute Gasteiger partial charge is 0.228 e. The van der Waals surface area contributed by atoms with Crippen molar-refractivity contribution in [1.82, 2.24) is 5.32 Å². The summed E-state index contributed by atoms with van der Waals surface area (Å²) >= 11 is 5.69. The Hall–Kier alpha value is -0.840. The van der Waals surface area contributed by atoms with Crippen molar-refractivity contribution in [2.45, 2.75) is 19.3 Å². The number of halogens is 3. The average molecular weight is 319 g/mol. The molecule has 1 unspecified atom stereocenters. The summed E-state index contributed by atoms with van der Waals surface area (Å²) in [6.07, 6.45) is 3.00. The molecule has 1 aromatic rings. The fourth-order valence-corrected chi connectivity index (χ4v) is 3.17. The molecule has 0 bridgehead atoms. The fourth-order valence-electron chi connectivity index (χ4n) is 3.01. The van der Waals surface area contributed by atoms with Crippen LogP contribution in [0.4, 0.5) is 10.1 Å². The van der Waals surface area contributed by atoms with Crippen LogP contribution in [-0.4, -0.2) is 19.0 Å². The molecule has 2 aliphatic rings. The summed E-state index contributed by atoms with van der Waals surface area (Å²) < 4.78 is 13.6. The highest BCUT2D eigenvalue weighted by molar-refractivity contribution is 6.30. The maximum atomic E-state index is 13.6. The van der Waals surface area contributed by atoms with E-state index in [0.29, 0.717) is 5.02 Å². The van der Waals surface area contributed by atoms with E-state index in [1.807, 2.05) is 0 Å². The fraction of sp³-hybridized carbons (Fsp3) is 0.500. The van der Waals surface area contributed by atoms with E-state index in [0.717, 1.165) is 32.4 Å². The minimum Gasteiger partial charge on any atom is -0.323 e. The van der Waals surface area contributed by atoms with Crippen molar-refractivity contribution in [3.05, 3.63) is 29.0 Å². The third-order valence-electron chi connectivity index (χ3n) is 4.29. The van der Waals surface area contributed by atoms with E-state index in [4.69, 9.17) is 11.6 Å². The van der Waals surface area contributed by atoms with Gasteiger partial charge in [0.15, 0.2) is 0 Å². The van der Waals surface area contributed by atoms with E-state index < -0.39 is 5.82 Å². The Labute approximate surface area is 128 Å². The van der Waals surface area contributed by atoms with Crippen molar-refractivity contribution in [3.63, 3.8) is 0 Å². The molecule has 1 aromatic carbocycles. The summed E-state index contributed by atoms with van der Waals surface area (Å²) in [7, 11) is 0. The van der Waals surface area contributed by atoms with Gasteiger partial charge in [-0.25, -0.2) is 4.39 Å². The van der Waals surface area contributed by atoms with Gasteiger partial charge in [0.25, 0.3) is 0 Å². The Kier molecular flexibility index (Phi) is 4.57. The van der Waals surface area contributed by atoms with Crippen LogP contribution in [0.3, 0.4) is 0 Å². The van der Waals surface area contributed by atoms with E-state index in [-0.39, 0.29) is 35.3 Å². The zero-order valence-corrected chi connectivity index (χ0v) is 12.5. The number of piperidine rings is 1. The first kappa shape index (κ1) is 15.5. The van der Waals surface area contributed by atoms with Gasteiger partial charge in [0, 0.05) is 10.9 Å². The second kappa shape index (κ2) is 5.88. The lowest BCUT2D eigenvalue weighted by Crippen LogP contribution is -2.31. The molecule has 110 valence electrons. The number of rotatable bonds is 2. The summed E-state index contributed by atoms with van der Waals surface area (Å²) in [6.45, 7) is 1.94. The van der Waals surface area contributed by atoms with Crippen molar-refractivity contribution >= 4 is 35.6 Å². The maximum absolute atomic E-state index is 13.6. The van der Waals surface area contributed by atoms with Gasteiger partial charge in [-0.15, -0.1) is 12.4 Å². The average Bonchev–Trinajstić information content (AvgIpc) is 3.07. The lowest BCUT2D eigenvalue weighted by Gasteiger charge is -2.23. The van der Waals surface area contributed by atoms with Gasteiger partial charge in [0.1, 0.15) is 5.82 Å². The standard InChI is InChI=1S/C14H16ClFN2O.ClH/c15-9-1-2-12(11(16)7-9)18-13(19)10-8-14(10)3-5-17-6-4-14;/h1-2,7,10,17H,3-6,8H2,(H,18,19);1H. The number of carbonyl (C=O) groups is 1. The molecule has 20 heavy (non-hydrogen) atoms. The van der Waals surface area contributed by atoms with Gasteiger partial charge in [-0.2, -0.15) is 0 Å². The quantitative estimate of drug-likeness (QED) is 0.879. The molecule has 1 amide bonds. The maximum Gasteiger partial charge on any atom is 0.228 e. The molecule has 0 radical (unpaired) electrons. The summed E-state index contributed by atoms with van der Waals surface area (Å²) in [5.41, 5.74) is 0.378. The number of benzene rings is 1. The Balaban J connectivity index is 0.00000147. The van der Waals surface area contributed by atoms with E-state index in [1.165, 1.54) is 12.1 Å². The molecule has 1 heterocycles. The molecule has 1 atom stereocenters. The molecule has 2 fully saturated rings. The molecule has 2 N–H and O–H groups in total. The van der Waals surface area contributed by atoms with Crippen LogP contribution in [0.2, 0.25) is 5.02 Å². The summed E-state index contributed by atoms with van der Waals surface area (Å²) in [5.74, 6) is -0.520. The molecule has 1 aliphatic carbocycles. The molecule has 3 rings (SSSR count). The Morgan fingerprint density at radius 3 is 2.75 bits per heavy atom. The Morgan fingerprint density at radius 1 is 1.40 bits per heavy atom. The first-order valence-corrected chi connectivity index (χ1v) is 6.95. The molecule has 6 heteroatoms. The largest absolute Gasteiger partial charge is 0.323 e. The molecular formula is C14H17Cl2FN2O. The third kappa shape index (κ3) is 2.92. The van der Waals surface area contributed by atoms with Gasteiger partial charge in [0.2, 0.25) is 5.91 Å². The van der Waals surface area contributed by atoms with E-state index in [9.17, 15) is 9.18 Å². The number of anilines is 1. The number of hydrogen-bond acceptors (Lipinski definition) is 2. The highest BCUT2D eigenvalue weighted by Gasteiger charge is 2.57. The molecule has 1 saturated heterocycles. The van der Waals surface area contributed by atoms with Crippen molar-refractivity contribution in [2.24, 2.45) is 11.3 Å². The van der Waals surface area contributed by atoms with Crippen LogP contribution in [0.5, 0.6) is 0 Å². The number of amides is 1. The van der Waals surface area contributed by atoms with Crippen molar-refractivity contribution < 1.29 is 9.18 Å². The minimum atomic E-state index is -0.485. The minimum absolute atomic E-state index is 0. The van der Waals surface area contributed by atoms with E-state index >= 15 is 0 Å². The normalized spacial score (nSPS) is 23.0. The second-order valence-corrected chi connectivity index (χ2v) is 5.92. The summed E-state index contributed by atoms with van der Waals surface area (Å²) in [6, 6.07) is 4.30. The van der Waals surface area contributed by atoms with Crippen molar-refractivity contribution in [2.75, 3.05) is 18.4 Å². The number of carbonyl (C=O) groups excluding carboxylic acids is 1. The van der Waals surface area contributed by atoms with Crippen LogP contribution in [0.25, 0.3) is 0 Å². The monoisotopic (exact) mass is 318 g/mol. The lowest BCUT2D eigenvalue weighted by atomic mass is 9.92. The van der Waals surface area contributed by atoms with Crippen LogP contribution >= 0.6 is 24.0 Å². The number of hydrogen-bond donors (Lipinski definition) is 2. The van der Waals surface area contributed by atoms with Gasteiger partial charge in [0.05, 0.1) is 5.69 Å². The first-order valence-electron chi connectivity index (χ1n) is 6.57. The zero-order chi connectivity index (χ0) is 13.5. The van der Waals surface area contributed by atoms with Crippen LogP contribution in [0.1, 0.15) is 19.3 Å². The first-order chi connectivity index (χ1) is 9.11.